The Labute approximate surface area is 188 Å². The van der Waals surface area contributed by atoms with Crippen molar-refractivity contribution in [1.29, 1.82) is 0 Å². The Kier molecular flexibility index (Phi) is 26.7. The molecule has 0 aromatic rings. The molecule has 182 valence electrons. The molecule has 0 aromatic heterocycles. The van der Waals surface area contributed by atoms with Gasteiger partial charge in [0.05, 0.1) is 0 Å². The molecule has 0 aromatic carbocycles. The van der Waals surface area contributed by atoms with Crippen LogP contribution in [0.25, 0.3) is 0 Å². The van der Waals surface area contributed by atoms with Crippen LogP contribution >= 0.6 is 0 Å². The predicted octanol–water partition coefficient (Wildman–Crippen LogP) is 8.03. The summed E-state index contributed by atoms with van der Waals surface area (Å²) >= 11 is 0. The van der Waals surface area contributed by atoms with Crippen LogP contribution in [0, 0.1) is 0 Å². The van der Waals surface area contributed by atoms with E-state index in [0.29, 0.717) is 6.79 Å². The summed E-state index contributed by atoms with van der Waals surface area (Å²) in [4.78, 5) is 0. The molecular formula is C26H54O4. The number of methoxy groups -OCH3 is 1. The molecule has 0 saturated heterocycles. The fourth-order valence-corrected chi connectivity index (χ4v) is 3.67. The highest BCUT2D eigenvalue weighted by Gasteiger charge is 2.08. The minimum atomic E-state index is 0.0276. The van der Waals surface area contributed by atoms with Crippen molar-refractivity contribution in [3.05, 3.63) is 0 Å². The first kappa shape index (κ1) is 29.8. The fraction of sp³-hybridized carbons (Fsp3) is 1.00. The van der Waals surface area contributed by atoms with Crippen molar-refractivity contribution in [2.45, 2.75) is 136 Å². The van der Waals surface area contributed by atoms with Crippen molar-refractivity contribution in [1.82, 2.24) is 0 Å². The second kappa shape index (κ2) is 26.9. The summed E-state index contributed by atoms with van der Waals surface area (Å²) in [7, 11) is 1.67. The van der Waals surface area contributed by atoms with Gasteiger partial charge in [-0.25, -0.2) is 0 Å². The van der Waals surface area contributed by atoms with Gasteiger partial charge in [-0.3, -0.25) is 0 Å². The van der Waals surface area contributed by atoms with E-state index in [4.69, 9.17) is 18.9 Å². The fourth-order valence-electron chi connectivity index (χ4n) is 3.67. The molecule has 0 atom stereocenters. The Morgan fingerprint density at radius 2 is 0.900 bits per heavy atom. The van der Waals surface area contributed by atoms with E-state index in [-0.39, 0.29) is 6.29 Å². The normalized spacial score (nSPS) is 11.6. The molecule has 0 radical (unpaired) electrons. The van der Waals surface area contributed by atoms with Crippen LogP contribution in [0.5, 0.6) is 0 Å². The Balaban J connectivity index is 3.21. The monoisotopic (exact) mass is 430 g/mol. The maximum atomic E-state index is 5.80. The van der Waals surface area contributed by atoms with Gasteiger partial charge in [0, 0.05) is 26.9 Å². The summed E-state index contributed by atoms with van der Waals surface area (Å²) in [5.74, 6) is 0. The number of rotatable bonds is 26. The lowest BCUT2D eigenvalue weighted by Crippen LogP contribution is -2.18. The molecule has 0 fully saturated rings. The lowest BCUT2D eigenvalue weighted by Gasteiger charge is -2.18. The quantitative estimate of drug-likeness (QED) is 0.103. The minimum absolute atomic E-state index is 0.0276. The molecule has 0 unspecified atom stereocenters. The molecule has 0 bridgehead atoms. The zero-order valence-electron chi connectivity index (χ0n) is 20.8. The molecule has 0 aliphatic rings. The highest BCUT2D eigenvalue weighted by Crippen LogP contribution is 2.15. The highest BCUT2D eigenvalue weighted by atomic mass is 16.7. The summed E-state index contributed by atoms with van der Waals surface area (Å²) in [6, 6.07) is 0. The molecule has 0 aliphatic heterocycles. The van der Waals surface area contributed by atoms with Crippen LogP contribution in [0.15, 0.2) is 0 Å². The van der Waals surface area contributed by atoms with E-state index in [1.165, 1.54) is 96.3 Å². The van der Waals surface area contributed by atoms with Crippen LogP contribution in [0.2, 0.25) is 0 Å². The average molecular weight is 431 g/mol. The average Bonchev–Trinajstić information content (AvgIpc) is 2.76. The second-order valence-corrected chi connectivity index (χ2v) is 8.58. The molecule has 30 heavy (non-hydrogen) atoms. The lowest BCUT2D eigenvalue weighted by molar-refractivity contribution is -0.146. The van der Waals surface area contributed by atoms with E-state index in [2.05, 4.69) is 13.8 Å². The van der Waals surface area contributed by atoms with Crippen molar-refractivity contribution in [2.75, 3.05) is 33.7 Å². The van der Waals surface area contributed by atoms with Crippen molar-refractivity contribution < 1.29 is 18.9 Å². The number of unbranched alkanes of at least 4 members (excludes halogenated alkanes) is 14. The first-order valence-corrected chi connectivity index (χ1v) is 13.1. The molecule has 0 heterocycles. The van der Waals surface area contributed by atoms with Gasteiger partial charge in [0.1, 0.15) is 6.79 Å². The van der Waals surface area contributed by atoms with Gasteiger partial charge in [0.25, 0.3) is 0 Å². The van der Waals surface area contributed by atoms with Gasteiger partial charge in [-0.2, -0.15) is 0 Å². The summed E-state index contributed by atoms with van der Waals surface area (Å²) in [6.45, 7) is 7.22. The number of hydrogen-bond donors (Lipinski definition) is 0. The summed E-state index contributed by atoms with van der Waals surface area (Å²) in [5.41, 5.74) is 0. The number of hydrogen-bond acceptors (Lipinski definition) is 4. The molecule has 0 amide bonds. The Hall–Kier alpha value is -0.160. The first-order chi connectivity index (χ1) is 14.8. The molecule has 0 saturated carbocycles. The van der Waals surface area contributed by atoms with Crippen LogP contribution in [0.4, 0.5) is 0 Å². The third kappa shape index (κ3) is 24.1. The number of ether oxygens (including phenoxy) is 4. The first-order valence-electron chi connectivity index (χ1n) is 13.1. The van der Waals surface area contributed by atoms with Gasteiger partial charge in [0.2, 0.25) is 0 Å². The SMILES string of the molecule is CCCOC(CCCCCCCCCCCCCCCCCOCOC)OCCC. The topological polar surface area (TPSA) is 36.9 Å². The van der Waals surface area contributed by atoms with Gasteiger partial charge in [-0.05, 0) is 32.1 Å². The highest BCUT2D eigenvalue weighted by molar-refractivity contribution is 4.52. The zero-order chi connectivity index (χ0) is 22.0. The maximum absolute atomic E-state index is 5.80. The standard InChI is InChI=1S/C26H54O4/c1-4-22-29-26(30-23-5-2)21-19-17-15-13-11-9-7-6-8-10-12-14-16-18-20-24-28-25-27-3/h26H,4-25H2,1-3H3. The summed E-state index contributed by atoms with van der Waals surface area (Å²) in [6.07, 6.45) is 23.7. The van der Waals surface area contributed by atoms with Crippen molar-refractivity contribution in [3.63, 3.8) is 0 Å². The van der Waals surface area contributed by atoms with E-state index in [0.717, 1.165) is 39.1 Å². The minimum Gasteiger partial charge on any atom is -0.359 e. The van der Waals surface area contributed by atoms with Gasteiger partial charge in [0.15, 0.2) is 6.29 Å². The van der Waals surface area contributed by atoms with Crippen LogP contribution < -0.4 is 0 Å². The smallest absolute Gasteiger partial charge is 0.157 e. The van der Waals surface area contributed by atoms with E-state index >= 15 is 0 Å². The lowest BCUT2D eigenvalue weighted by atomic mass is 10.0. The Bertz CT molecular complexity index is 291. The van der Waals surface area contributed by atoms with Gasteiger partial charge in [-0.1, -0.05) is 97.3 Å². The Morgan fingerprint density at radius 3 is 1.30 bits per heavy atom. The Morgan fingerprint density at radius 1 is 0.500 bits per heavy atom. The van der Waals surface area contributed by atoms with Gasteiger partial charge >= 0.3 is 0 Å². The van der Waals surface area contributed by atoms with Crippen LogP contribution in [-0.2, 0) is 18.9 Å². The molecule has 4 heteroatoms. The van der Waals surface area contributed by atoms with Crippen molar-refractivity contribution in [2.24, 2.45) is 0 Å². The van der Waals surface area contributed by atoms with Crippen LogP contribution in [0.3, 0.4) is 0 Å². The van der Waals surface area contributed by atoms with E-state index < -0.39 is 0 Å². The predicted molar refractivity (Wildman–Crippen MR) is 128 cm³/mol. The van der Waals surface area contributed by atoms with E-state index in [9.17, 15) is 0 Å². The third-order valence-electron chi connectivity index (χ3n) is 5.45. The molecule has 0 spiro atoms. The largest absolute Gasteiger partial charge is 0.359 e. The summed E-state index contributed by atoms with van der Waals surface area (Å²) in [5, 5.41) is 0. The molecule has 0 N–H and O–H groups in total. The molecular weight excluding hydrogens is 376 g/mol. The molecule has 0 aliphatic carbocycles. The summed E-state index contributed by atoms with van der Waals surface area (Å²) < 4.78 is 21.8. The van der Waals surface area contributed by atoms with Crippen molar-refractivity contribution in [3.8, 4) is 0 Å². The maximum Gasteiger partial charge on any atom is 0.157 e. The van der Waals surface area contributed by atoms with Crippen LogP contribution in [0.1, 0.15) is 129 Å². The molecule has 4 nitrogen and oxygen atoms in total. The van der Waals surface area contributed by atoms with Gasteiger partial charge < -0.3 is 18.9 Å². The third-order valence-corrected chi connectivity index (χ3v) is 5.45. The second-order valence-electron chi connectivity index (χ2n) is 8.58. The molecule has 0 rings (SSSR count). The van der Waals surface area contributed by atoms with Crippen molar-refractivity contribution >= 4 is 0 Å². The van der Waals surface area contributed by atoms with E-state index in [1.54, 1.807) is 7.11 Å². The van der Waals surface area contributed by atoms with E-state index in [1.807, 2.05) is 0 Å². The van der Waals surface area contributed by atoms with Crippen LogP contribution in [-0.4, -0.2) is 40.0 Å². The zero-order valence-corrected chi connectivity index (χ0v) is 20.8. The van der Waals surface area contributed by atoms with Gasteiger partial charge in [-0.15, -0.1) is 0 Å².